The van der Waals surface area contributed by atoms with E-state index in [4.69, 9.17) is 0 Å². The maximum absolute atomic E-state index is 3.29. The summed E-state index contributed by atoms with van der Waals surface area (Å²) in [5.41, 5.74) is 0. The van der Waals surface area contributed by atoms with Crippen LogP contribution in [-0.2, 0) is 0 Å². The molecule has 0 amide bonds. The van der Waals surface area contributed by atoms with E-state index in [1.807, 2.05) is 4.99 Å². The van der Waals surface area contributed by atoms with Crippen molar-refractivity contribution in [3.63, 3.8) is 0 Å². The molecule has 0 saturated carbocycles. The van der Waals surface area contributed by atoms with Crippen LogP contribution in [0.15, 0.2) is 11.1 Å². The predicted molar refractivity (Wildman–Crippen MR) is 69.9 cm³/mol. The SMILES string of the molecule is CCCCCCCCCCCC=CBr. The molecule has 0 rings (SSSR count). The van der Waals surface area contributed by atoms with Gasteiger partial charge in [0.15, 0.2) is 0 Å². The number of hydrogen-bond acceptors (Lipinski definition) is 0. The Balaban J connectivity index is 2.85. The van der Waals surface area contributed by atoms with E-state index >= 15 is 0 Å². The predicted octanol–water partition coefficient (Wildman–Crippen LogP) is 5.82. The average molecular weight is 261 g/mol. The summed E-state index contributed by atoms with van der Waals surface area (Å²) in [5, 5.41) is 0. The van der Waals surface area contributed by atoms with E-state index in [2.05, 4.69) is 28.9 Å². The maximum atomic E-state index is 3.29. The largest absolute Gasteiger partial charge is 0.0776 e. The maximum Gasteiger partial charge on any atom is -0.0229 e. The topological polar surface area (TPSA) is 0 Å². The molecule has 0 aliphatic rings. The van der Waals surface area contributed by atoms with Crippen LogP contribution in [0.5, 0.6) is 0 Å². The zero-order chi connectivity index (χ0) is 10.5. The highest BCUT2D eigenvalue weighted by Gasteiger charge is 1.90. The van der Waals surface area contributed by atoms with Gasteiger partial charge in [-0.05, 0) is 17.8 Å². The molecule has 0 radical (unpaired) electrons. The molecule has 0 aliphatic heterocycles. The molecule has 0 aliphatic carbocycles. The van der Waals surface area contributed by atoms with E-state index in [1.54, 1.807) is 0 Å². The molecule has 0 unspecified atom stereocenters. The Morgan fingerprint density at radius 1 is 0.786 bits per heavy atom. The van der Waals surface area contributed by atoms with Crippen LogP contribution in [0.2, 0.25) is 0 Å². The highest BCUT2D eigenvalue weighted by molar-refractivity contribution is 9.11. The Labute approximate surface area is 98.3 Å². The quantitative estimate of drug-likeness (QED) is 0.435. The van der Waals surface area contributed by atoms with Gasteiger partial charge in [0, 0.05) is 0 Å². The molecular weight excluding hydrogens is 236 g/mol. The lowest BCUT2D eigenvalue weighted by molar-refractivity contribution is 0.566. The number of hydrogen-bond donors (Lipinski definition) is 0. The Morgan fingerprint density at radius 3 is 1.79 bits per heavy atom. The van der Waals surface area contributed by atoms with Crippen molar-refractivity contribution in [3.05, 3.63) is 11.1 Å². The Hall–Kier alpha value is 0.220. The average Bonchev–Trinajstić information content (AvgIpc) is 2.21. The van der Waals surface area contributed by atoms with Gasteiger partial charge in [-0.2, -0.15) is 0 Å². The summed E-state index contributed by atoms with van der Waals surface area (Å²) in [5.74, 6) is 0. The van der Waals surface area contributed by atoms with Gasteiger partial charge in [-0.15, -0.1) is 0 Å². The number of allylic oxidation sites excluding steroid dienone is 1. The van der Waals surface area contributed by atoms with Gasteiger partial charge < -0.3 is 0 Å². The lowest BCUT2D eigenvalue weighted by Crippen LogP contribution is -1.80. The second-order valence-electron chi connectivity index (χ2n) is 3.98. The van der Waals surface area contributed by atoms with E-state index in [1.165, 1.54) is 64.2 Å². The van der Waals surface area contributed by atoms with E-state index in [-0.39, 0.29) is 0 Å². The van der Waals surface area contributed by atoms with Gasteiger partial charge in [0.05, 0.1) is 0 Å². The summed E-state index contributed by atoms with van der Waals surface area (Å²) >= 11 is 3.29. The van der Waals surface area contributed by atoms with Crippen molar-refractivity contribution in [2.75, 3.05) is 0 Å². The van der Waals surface area contributed by atoms with Crippen molar-refractivity contribution in [1.29, 1.82) is 0 Å². The molecule has 0 aromatic carbocycles. The number of unbranched alkanes of at least 4 members (excludes halogenated alkanes) is 9. The second kappa shape index (κ2) is 13.2. The lowest BCUT2D eigenvalue weighted by Gasteiger charge is -2.00. The van der Waals surface area contributed by atoms with E-state index in [9.17, 15) is 0 Å². The monoisotopic (exact) mass is 260 g/mol. The molecule has 0 spiro atoms. The van der Waals surface area contributed by atoms with E-state index in [0.29, 0.717) is 0 Å². The highest BCUT2D eigenvalue weighted by Crippen LogP contribution is 2.10. The summed E-state index contributed by atoms with van der Waals surface area (Å²) in [4.78, 5) is 1.97. The van der Waals surface area contributed by atoms with Crippen LogP contribution < -0.4 is 0 Å². The summed E-state index contributed by atoms with van der Waals surface area (Å²) in [6.45, 7) is 2.28. The van der Waals surface area contributed by atoms with Crippen molar-refractivity contribution in [3.8, 4) is 0 Å². The first-order valence-electron chi connectivity index (χ1n) is 6.17. The molecular formula is C13H25Br. The molecule has 84 valence electrons. The fourth-order valence-electron chi connectivity index (χ4n) is 1.64. The summed E-state index contributed by atoms with van der Waals surface area (Å²) in [6.07, 6.45) is 16.2. The molecule has 0 N–H and O–H groups in total. The van der Waals surface area contributed by atoms with Crippen molar-refractivity contribution in [2.24, 2.45) is 0 Å². The fourth-order valence-corrected chi connectivity index (χ4v) is 1.90. The van der Waals surface area contributed by atoms with Gasteiger partial charge in [0.25, 0.3) is 0 Å². The number of rotatable bonds is 10. The zero-order valence-electron chi connectivity index (χ0n) is 9.60. The molecule has 0 nitrogen and oxygen atoms in total. The van der Waals surface area contributed by atoms with E-state index < -0.39 is 0 Å². The Kier molecular flexibility index (Phi) is 13.4. The van der Waals surface area contributed by atoms with E-state index in [0.717, 1.165) is 0 Å². The summed E-state index contributed by atoms with van der Waals surface area (Å²) < 4.78 is 0. The third-order valence-electron chi connectivity index (χ3n) is 2.56. The molecule has 0 bridgehead atoms. The van der Waals surface area contributed by atoms with Crippen LogP contribution in [0.25, 0.3) is 0 Å². The third-order valence-corrected chi connectivity index (χ3v) is 2.94. The van der Waals surface area contributed by atoms with Crippen LogP contribution in [0.3, 0.4) is 0 Å². The first-order valence-corrected chi connectivity index (χ1v) is 7.08. The minimum absolute atomic E-state index is 1.24. The molecule has 0 atom stereocenters. The van der Waals surface area contributed by atoms with Gasteiger partial charge in [-0.1, -0.05) is 80.3 Å². The smallest absolute Gasteiger partial charge is 0.0229 e. The molecule has 0 aromatic rings. The third kappa shape index (κ3) is 12.2. The second-order valence-corrected chi connectivity index (χ2v) is 4.51. The summed E-state index contributed by atoms with van der Waals surface area (Å²) in [6, 6.07) is 0. The molecule has 0 saturated heterocycles. The van der Waals surface area contributed by atoms with Gasteiger partial charge in [0.2, 0.25) is 0 Å². The number of halogens is 1. The normalized spacial score (nSPS) is 11.3. The molecule has 0 aromatic heterocycles. The van der Waals surface area contributed by atoms with Crippen LogP contribution in [0.1, 0.15) is 71.1 Å². The van der Waals surface area contributed by atoms with Gasteiger partial charge >= 0.3 is 0 Å². The van der Waals surface area contributed by atoms with Crippen molar-refractivity contribution >= 4 is 15.9 Å². The molecule has 0 heterocycles. The Bertz CT molecular complexity index is 118. The minimum Gasteiger partial charge on any atom is -0.0776 e. The highest BCUT2D eigenvalue weighted by atomic mass is 79.9. The lowest BCUT2D eigenvalue weighted by atomic mass is 10.1. The first kappa shape index (κ1) is 14.2. The fraction of sp³-hybridized carbons (Fsp3) is 0.846. The Morgan fingerprint density at radius 2 is 1.29 bits per heavy atom. The van der Waals surface area contributed by atoms with Crippen molar-refractivity contribution in [2.45, 2.75) is 71.1 Å². The van der Waals surface area contributed by atoms with Gasteiger partial charge in [0.1, 0.15) is 0 Å². The summed E-state index contributed by atoms with van der Waals surface area (Å²) in [7, 11) is 0. The standard InChI is InChI=1S/C13H25Br/c1-2-3-4-5-6-7-8-9-10-11-12-13-14/h12-13H,2-11H2,1H3. The zero-order valence-corrected chi connectivity index (χ0v) is 11.2. The first-order chi connectivity index (χ1) is 6.91. The molecule has 1 heteroatoms. The minimum atomic E-state index is 1.24. The van der Waals surface area contributed by atoms with Crippen molar-refractivity contribution < 1.29 is 0 Å². The van der Waals surface area contributed by atoms with Gasteiger partial charge in [-0.3, -0.25) is 0 Å². The van der Waals surface area contributed by atoms with Crippen LogP contribution >= 0.6 is 15.9 Å². The van der Waals surface area contributed by atoms with Crippen LogP contribution in [0.4, 0.5) is 0 Å². The van der Waals surface area contributed by atoms with Crippen molar-refractivity contribution in [1.82, 2.24) is 0 Å². The van der Waals surface area contributed by atoms with Crippen LogP contribution in [-0.4, -0.2) is 0 Å². The van der Waals surface area contributed by atoms with Gasteiger partial charge in [-0.25, -0.2) is 0 Å². The molecule has 0 fully saturated rings. The van der Waals surface area contributed by atoms with Crippen LogP contribution in [0, 0.1) is 0 Å². The molecule has 14 heavy (non-hydrogen) atoms.